The van der Waals surface area contributed by atoms with Crippen LogP contribution in [0.15, 0.2) is 47.6 Å². The molecule has 2 aromatic carbocycles. The Kier molecular flexibility index (Phi) is 6.19. The lowest BCUT2D eigenvalue weighted by molar-refractivity contribution is -0.393. The summed E-state index contributed by atoms with van der Waals surface area (Å²) in [6.45, 7) is 0.961. The second kappa shape index (κ2) is 8.98. The number of amides is 1. The number of fused-ring (bicyclic) bond motifs is 1. The molecular formula is C19H16N4O8. The van der Waals surface area contributed by atoms with Crippen molar-refractivity contribution in [2.75, 3.05) is 18.1 Å². The van der Waals surface area contributed by atoms with Crippen molar-refractivity contribution in [3.63, 3.8) is 0 Å². The number of hydrogen-bond donors (Lipinski definition) is 0. The Labute approximate surface area is 175 Å². The third-order valence-electron chi connectivity index (χ3n) is 4.28. The number of ether oxygens (including phenoxy) is 1. The van der Waals surface area contributed by atoms with Crippen molar-refractivity contribution in [2.24, 2.45) is 5.16 Å². The van der Waals surface area contributed by atoms with Crippen molar-refractivity contribution in [3.05, 3.63) is 73.8 Å². The maximum Gasteiger partial charge on any atom is 0.326 e. The maximum atomic E-state index is 12.9. The van der Waals surface area contributed by atoms with E-state index in [1.54, 1.807) is 37.3 Å². The highest BCUT2D eigenvalue weighted by molar-refractivity contribution is 6.55. The number of carbonyl (C=O) groups is 2. The molecule has 0 N–H and O–H groups in total. The van der Waals surface area contributed by atoms with Gasteiger partial charge < -0.3 is 9.57 Å². The van der Waals surface area contributed by atoms with Gasteiger partial charge in [0.2, 0.25) is 0 Å². The number of rotatable bonds is 8. The van der Waals surface area contributed by atoms with Crippen molar-refractivity contribution in [1.82, 2.24) is 0 Å². The average Bonchev–Trinajstić information content (AvgIpc) is 2.99. The van der Waals surface area contributed by atoms with Gasteiger partial charge in [0.15, 0.2) is 5.71 Å². The van der Waals surface area contributed by atoms with Crippen molar-refractivity contribution in [2.45, 2.75) is 13.5 Å². The zero-order valence-corrected chi connectivity index (χ0v) is 16.2. The number of anilines is 1. The summed E-state index contributed by atoms with van der Waals surface area (Å²) in [7, 11) is 0. The van der Waals surface area contributed by atoms with Gasteiger partial charge in [0, 0.05) is 11.6 Å². The summed E-state index contributed by atoms with van der Waals surface area (Å²) in [5.41, 5.74) is -1.42. The zero-order chi connectivity index (χ0) is 22.5. The van der Waals surface area contributed by atoms with E-state index in [4.69, 9.17) is 9.57 Å². The standard InChI is InChI=1S/C19H16N4O8/c1-2-30-16(24)10-21-18-14(8-13(22(26)27)9-15(18)23(28)29)17(19(21)25)20-31-11-12-6-4-3-5-7-12/h3-9H,2,10-11H2,1H3. The second-order valence-electron chi connectivity index (χ2n) is 6.27. The van der Waals surface area contributed by atoms with Crippen molar-refractivity contribution < 1.29 is 29.0 Å². The van der Waals surface area contributed by atoms with E-state index < -0.39 is 39.6 Å². The quantitative estimate of drug-likeness (QED) is 0.352. The molecule has 1 aliphatic heterocycles. The molecule has 0 saturated heterocycles. The molecule has 0 atom stereocenters. The first kappa shape index (κ1) is 21.4. The second-order valence-corrected chi connectivity index (χ2v) is 6.27. The summed E-state index contributed by atoms with van der Waals surface area (Å²) in [6, 6.07) is 10.6. The van der Waals surface area contributed by atoms with Crippen LogP contribution in [0.2, 0.25) is 0 Å². The highest BCUT2D eigenvalue weighted by Gasteiger charge is 2.43. The molecule has 160 valence electrons. The first-order chi connectivity index (χ1) is 14.8. The molecule has 0 unspecified atom stereocenters. The molecule has 1 aliphatic rings. The molecule has 0 aromatic heterocycles. The van der Waals surface area contributed by atoms with Crippen LogP contribution in [-0.4, -0.2) is 40.6 Å². The van der Waals surface area contributed by atoms with Gasteiger partial charge in [-0.1, -0.05) is 35.5 Å². The minimum Gasteiger partial charge on any atom is -0.465 e. The highest BCUT2D eigenvalue weighted by atomic mass is 16.6. The number of benzene rings is 2. The Morgan fingerprint density at radius 3 is 2.45 bits per heavy atom. The van der Waals surface area contributed by atoms with Crippen LogP contribution in [0.1, 0.15) is 18.1 Å². The highest BCUT2D eigenvalue weighted by Crippen LogP contribution is 2.41. The van der Waals surface area contributed by atoms with Crippen LogP contribution in [0.4, 0.5) is 17.1 Å². The monoisotopic (exact) mass is 428 g/mol. The van der Waals surface area contributed by atoms with Crippen LogP contribution in [0.5, 0.6) is 0 Å². The van der Waals surface area contributed by atoms with E-state index in [0.717, 1.165) is 22.6 Å². The first-order valence-electron chi connectivity index (χ1n) is 9.02. The Balaban J connectivity index is 2.06. The average molecular weight is 428 g/mol. The number of hydrogen-bond acceptors (Lipinski definition) is 9. The number of nitro benzene ring substituents is 2. The van der Waals surface area contributed by atoms with E-state index in [0.29, 0.717) is 0 Å². The van der Waals surface area contributed by atoms with Crippen LogP contribution in [-0.2, 0) is 25.8 Å². The van der Waals surface area contributed by atoms with Gasteiger partial charge in [0.05, 0.1) is 22.5 Å². The minimum absolute atomic E-state index is 0.0121. The molecule has 31 heavy (non-hydrogen) atoms. The van der Waals surface area contributed by atoms with Gasteiger partial charge in [-0.05, 0) is 12.5 Å². The summed E-state index contributed by atoms with van der Waals surface area (Å²) < 4.78 is 4.82. The van der Waals surface area contributed by atoms with Crippen LogP contribution in [0.3, 0.4) is 0 Å². The fraction of sp³-hybridized carbons (Fsp3) is 0.211. The normalized spacial score (nSPS) is 13.8. The van der Waals surface area contributed by atoms with Gasteiger partial charge in [-0.25, -0.2) is 0 Å². The summed E-state index contributed by atoms with van der Waals surface area (Å²) >= 11 is 0. The number of nitro groups is 2. The number of carbonyl (C=O) groups excluding carboxylic acids is 2. The van der Waals surface area contributed by atoms with Gasteiger partial charge in [-0.2, -0.15) is 0 Å². The van der Waals surface area contributed by atoms with Gasteiger partial charge >= 0.3 is 11.7 Å². The van der Waals surface area contributed by atoms with E-state index in [-0.39, 0.29) is 30.2 Å². The molecule has 0 aliphatic carbocycles. The lowest BCUT2D eigenvalue weighted by atomic mass is 10.1. The molecule has 1 amide bonds. The van der Waals surface area contributed by atoms with Gasteiger partial charge in [0.25, 0.3) is 11.6 Å². The van der Waals surface area contributed by atoms with Gasteiger partial charge in [-0.3, -0.25) is 34.7 Å². The molecule has 0 fully saturated rings. The fourth-order valence-electron chi connectivity index (χ4n) is 2.98. The van der Waals surface area contributed by atoms with Gasteiger partial charge in [-0.15, -0.1) is 0 Å². The predicted octanol–water partition coefficient (Wildman–Crippen LogP) is 2.33. The Hall–Kier alpha value is -4.35. The van der Waals surface area contributed by atoms with Crippen LogP contribution in [0, 0.1) is 20.2 Å². The van der Waals surface area contributed by atoms with Crippen molar-refractivity contribution >= 4 is 34.7 Å². The first-order valence-corrected chi connectivity index (χ1v) is 9.02. The molecule has 3 rings (SSSR count). The van der Waals surface area contributed by atoms with Crippen LogP contribution in [0.25, 0.3) is 0 Å². The van der Waals surface area contributed by atoms with E-state index >= 15 is 0 Å². The summed E-state index contributed by atoms with van der Waals surface area (Å²) in [4.78, 5) is 52.0. The molecular weight excluding hydrogens is 412 g/mol. The lowest BCUT2D eigenvalue weighted by Gasteiger charge is -2.15. The molecule has 0 radical (unpaired) electrons. The Morgan fingerprint density at radius 1 is 1.13 bits per heavy atom. The van der Waals surface area contributed by atoms with Gasteiger partial charge in [0.1, 0.15) is 18.8 Å². The number of nitrogens with zero attached hydrogens (tertiary/aromatic N) is 4. The summed E-state index contributed by atoms with van der Waals surface area (Å²) in [6.07, 6.45) is 0. The molecule has 12 nitrogen and oxygen atoms in total. The predicted molar refractivity (Wildman–Crippen MR) is 107 cm³/mol. The smallest absolute Gasteiger partial charge is 0.326 e. The lowest BCUT2D eigenvalue weighted by Crippen LogP contribution is -2.36. The molecule has 0 spiro atoms. The fourth-order valence-corrected chi connectivity index (χ4v) is 2.98. The molecule has 0 bridgehead atoms. The summed E-state index contributed by atoms with van der Waals surface area (Å²) in [5, 5.41) is 26.6. The van der Waals surface area contributed by atoms with Crippen molar-refractivity contribution in [1.29, 1.82) is 0 Å². The Morgan fingerprint density at radius 2 is 1.84 bits per heavy atom. The van der Waals surface area contributed by atoms with Crippen LogP contribution >= 0.6 is 0 Å². The van der Waals surface area contributed by atoms with E-state index in [2.05, 4.69) is 5.16 Å². The van der Waals surface area contributed by atoms with E-state index in [1.807, 2.05) is 0 Å². The number of oxime groups is 1. The largest absolute Gasteiger partial charge is 0.465 e. The summed E-state index contributed by atoms with van der Waals surface area (Å²) in [5.74, 6) is -1.68. The third-order valence-corrected chi connectivity index (χ3v) is 4.28. The van der Waals surface area contributed by atoms with E-state index in [9.17, 15) is 29.8 Å². The SMILES string of the molecule is CCOC(=O)CN1C(=O)C(=NOCc2ccccc2)c2cc([N+](=O)[O-])cc([N+](=O)[O-])c21. The van der Waals surface area contributed by atoms with Crippen molar-refractivity contribution in [3.8, 4) is 0 Å². The maximum absolute atomic E-state index is 12.9. The molecule has 12 heteroatoms. The zero-order valence-electron chi connectivity index (χ0n) is 16.2. The number of esters is 1. The third kappa shape index (κ3) is 4.47. The molecule has 2 aromatic rings. The number of non-ortho nitro benzene ring substituents is 1. The topological polar surface area (TPSA) is 154 Å². The van der Waals surface area contributed by atoms with Crippen LogP contribution < -0.4 is 4.90 Å². The molecule has 0 saturated carbocycles. The molecule has 1 heterocycles. The Bertz CT molecular complexity index is 1080. The van der Waals surface area contributed by atoms with E-state index in [1.165, 1.54) is 0 Å². The minimum atomic E-state index is -0.875.